The second-order valence-corrected chi connectivity index (χ2v) is 6.49. The van der Waals surface area contributed by atoms with Gasteiger partial charge in [0.05, 0.1) is 17.8 Å². The molecule has 6 heteroatoms. The summed E-state index contributed by atoms with van der Waals surface area (Å²) in [5.41, 5.74) is 2.35. The van der Waals surface area contributed by atoms with Crippen LogP contribution in [-0.4, -0.2) is 24.2 Å². The third-order valence-corrected chi connectivity index (χ3v) is 4.78. The number of anilines is 1. The lowest BCUT2D eigenvalue weighted by Gasteiger charge is -2.16. The summed E-state index contributed by atoms with van der Waals surface area (Å²) in [7, 11) is 0. The van der Waals surface area contributed by atoms with Gasteiger partial charge in [0.15, 0.2) is 0 Å². The molecule has 1 aliphatic carbocycles. The number of halogens is 1. The predicted molar refractivity (Wildman–Crippen MR) is 111 cm³/mol. The van der Waals surface area contributed by atoms with Crippen LogP contribution in [0.3, 0.4) is 0 Å². The fourth-order valence-electron chi connectivity index (χ4n) is 2.42. The molecule has 0 aliphatic heterocycles. The molecule has 0 saturated carbocycles. The van der Waals surface area contributed by atoms with Gasteiger partial charge in [0, 0.05) is 6.54 Å². The molecule has 1 aromatic rings. The quantitative estimate of drug-likeness (QED) is 0.328. The summed E-state index contributed by atoms with van der Waals surface area (Å²) in [5.74, 6) is -0.930. The van der Waals surface area contributed by atoms with E-state index in [2.05, 4.69) is 38.4 Å². The summed E-state index contributed by atoms with van der Waals surface area (Å²) in [5, 5.41) is 19.4. The molecule has 0 amide bonds. The Balaban J connectivity index is 0.00000163. The summed E-state index contributed by atoms with van der Waals surface area (Å²) in [6.45, 7) is 7.21. The highest BCUT2D eigenvalue weighted by Crippen LogP contribution is 2.25. The van der Waals surface area contributed by atoms with Gasteiger partial charge in [0.25, 0.3) is 0 Å². The Bertz CT molecular complexity index is 652. The predicted octanol–water partition coefficient (Wildman–Crippen LogP) is 6.38. The van der Waals surface area contributed by atoms with E-state index in [0.29, 0.717) is 13.1 Å². The SMILES string of the molecule is CC.CCN(N=NC/C1=C(\Br)CCC/C=C\C1)c1ccc(C(=O)O)cc1. The first-order valence-corrected chi connectivity index (χ1v) is 9.90. The number of nitrogens with zero attached hydrogens (tertiary/aromatic N) is 3. The molecule has 0 aromatic heterocycles. The third-order valence-electron chi connectivity index (χ3n) is 3.83. The van der Waals surface area contributed by atoms with E-state index >= 15 is 0 Å². The van der Waals surface area contributed by atoms with Crippen molar-refractivity contribution in [3.05, 3.63) is 52.0 Å². The minimum atomic E-state index is -0.930. The molecule has 0 atom stereocenters. The van der Waals surface area contributed by atoms with E-state index in [4.69, 9.17) is 5.11 Å². The highest BCUT2D eigenvalue weighted by molar-refractivity contribution is 9.11. The molecule has 0 unspecified atom stereocenters. The first-order valence-electron chi connectivity index (χ1n) is 9.11. The van der Waals surface area contributed by atoms with E-state index in [-0.39, 0.29) is 5.56 Å². The zero-order valence-corrected chi connectivity index (χ0v) is 17.4. The molecule has 26 heavy (non-hydrogen) atoms. The topological polar surface area (TPSA) is 65.3 Å². The maximum atomic E-state index is 10.9. The fraction of sp³-hybridized carbons (Fsp3) is 0.450. The average molecular weight is 422 g/mol. The molecular weight excluding hydrogens is 394 g/mol. The fourth-order valence-corrected chi connectivity index (χ4v) is 2.99. The molecule has 0 radical (unpaired) electrons. The lowest BCUT2D eigenvalue weighted by Crippen LogP contribution is -2.14. The Hall–Kier alpha value is -1.95. The number of aromatic carboxylic acids is 1. The minimum absolute atomic E-state index is 0.266. The Morgan fingerprint density at radius 2 is 1.92 bits per heavy atom. The molecule has 0 saturated heterocycles. The van der Waals surface area contributed by atoms with Crippen molar-refractivity contribution in [1.82, 2.24) is 0 Å². The van der Waals surface area contributed by atoms with E-state index in [9.17, 15) is 4.79 Å². The van der Waals surface area contributed by atoms with Gasteiger partial charge in [0.2, 0.25) is 0 Å². The summed E-state index contributed by atoms with van der Waals surface area (Å²) in [4.78, 5) is 10.9. The zero-order valence-electron chi connectivity index (χ0n) is 15.8. The van der Waals surface area contributed by atoms with Crippen LogP contribution in [-0.2, 0) is 0 Å². The number of hydrogen-bond donors (Lipinski definition) is 1. The first kappa shape index (κ1) is 22.1. The molecule has 142 valence electrons. The normalized spacial score (nSPS) is 18.5. The molecule has 0 heterocycles. The molecule has 2 rings (SSSR count). The van der Waals surface area contributed by atoms with Crippen LogP contribution in [0, 0.1) is 0 Å². The van der Waals surface area contributed by atoms with Crippen molar-refractivity contribution < 1.29 is 9.90 Å². The van der Waals surface area contributed by atoms with Gasteiger partial charge in [-0.1, -0.05) is 47.2 Å². The molecule has 1 aromatic carbocycles. The van der Waals surface area contributed by atoms with E-state index in [1.54, 1.807) is 29.3 Å². The summed E-state index contributed by atoms with van der Waals surface area (Å²) in [6.07, 6.45) is 8.63. The number of allylic oxidation sites excluding steroid dienone is 3. The molecule has 0 bridgehead atoms. The average Bonchev–Trinajstić information content (AvgIpc) is 2.66. The van der Waals surface area contributed by atoms with Crippen LogP contribution in [0.15, 0.2) is 56.8 Å². The monoisotopic (exact) mass is 421 g/mol. The van der Waals surface area contributed by atoms with Crippen LogP contribution in [0.1, 0.15) is 56.8 Å². The molecule has 1 N–H and O–H groups in total. The highest BCUT2D eigenvalue weighted by Gasteiger charge is 2.08. The molecule has 1 aliphatic rings. The van der Waals surface area contributed by atoms with E-state index in [0.717, 1.165) is 31.4 Å². The van der Waals surface area contributed by atoms with Gasteiger partial charge in [-0.3, -0.25) is 0 Å². The Labute approximate surface area is 164 Å². The van der Waals surface area contributed by atoms with Gasteiger partial charge in [0.1, 0.15) is 0 Å². The number of carboxylic acid groups (broad SMARTS) is 1. The Morgan fingerprint density at radius 1 is 1.23 bits per heavy atom. The number of carboxylic acids is 1. The maximum absolute atomic E-state index is 10.9. The lowest BCUT2D eigenvalue weighted by molar-refractivity contribution is 0.0697. The third kappa shape index (κ3) is 7.12. The minimum Gasteiger partial charge on any atom is -0.478 e. The van der Waals surface area contributed by atoms with Gasteiger partial charge in [-0.05, 0) is 66.9 Å². The Kier molecular flexibility index (Phi) is 10.5. The van der Waals surface area contributed by atoms with Crippen molar-refractivity contribution in [2.45, 2.75) is 46.5 Å². The molecule has 0 spiro atoms. The summed E-state index contributed by atoms with van der Waals surface area (Å²) in [6, 6.07) is 6.66. The number of carbonyl (C=O) groups is 1. The second-order valence-electron chi connectivity index (χ2n) is 5.53. The van der Waals surface area contributed by atoms with Crippen molar-refractivity contribution in [3.63, 3.8) is 0 Å². The van der Waals surface area contributed by atoms with Crippen molar-refractivity contribution in [3.8, 4) is 0 Å². The lowest BCUT2D eigenvalue weighted by atomic mass is 10.1. The van der Waals surface area contributed by atoms with Crippen LogP contribution in [0.5, 0.6) is 0 Å². The van der Waals surface area contributed by atoms with Gasteiger partial charge in [-0.2, -0.15) is 5.11 Å². The highest BCUT2D eigenvalue weighted by atomic mass is 79.9. The van der Waals surface area contributed by atoms with Crippen molar-refractivity contribution in [1.29, 1.82) is 0 Å². The van der Waals surface area contributed by atoms with Crippen molar-refractivity contribution >= 4 is 27.6 Å². The van der Waals surface area contributed by atoms with Crippen LogP contribution in [0.4, 0.5) is 5.69 Å². The molecular formula is C20H28BrN3O2. The second kappa shape index (κ2) is 12.4. The summed E-state index contributed by atoms with van der Waals surface area (Å²) >= 11 is 3.66. The van der Waals surface area contributed by atoms with E-state index in [1.807, 2.05) is 20.8 Å². The van der Waals surface area contributed by atoms with E-state index in [1.165, 1.54) is 10.1 Å². The molecule has 5 nitrogen and oxygen atoms in total. The zero-order chi connectivity index (χ0) is 19.4. The van der Waals surface area contributed by atoms with Gasteiger partial charge < -0.3 is 5.11 Å². The number of rotatable bonds is 6. The standard InChI is InChI=1S/C18H22BrN3O2.C2H6/c1-2-22(16-11-9-14(10-12-16)18(23)24)21-20-13-15-7-5-3-4-6-8-17(15)19;1-2/h3,5,9-12H,2,4,6-8,13H2,1H3,(H,23,24);1-2H3/b5-3-,17-15-,21-20?;. The Morgan fingerprint density at radius 3 is 2.54 bits per heavy atom. The van der Waals surface area contributed by atoms with Crippen molar-refractivity contribution in [2.24, 2.45) is 10.3 Å². The maximum Gasteiger partial charge on any atom is 0.335 e. The van der Waals surface area contributed by atoms with Crippen LogP contribution < -0.4 is 5.01 Å². The van der Waals surface area contributed by atoms with Gasteiger partial charge >= 0.3 is 5.97 Å². The van der Waals surface area contributed by atoms with Crippen LogP contribution in [0.2, 0.25) is 0 Å². The summed E-state index contributed by atoms with van der Waals surface area (Å²) < 4.78 is 1.24. The number of benzene rings is 1. The first-order chi connectivity index (χ1) is 12.6. The van der Waals surface area contributed by atoms with Gasteiger partial charge in [-0.25, -0.2) is 9.80 Å². The van der Waals surface area contributed by atoms with Gasteiger partial charge in [-0.15, -0.1) is 0 Å². The van der Waals surface area contributed by atoms with Crippen LogP contribution in [0.25, 0.3) is 0 Å². The van der Waals surface area contributed by atoms with Crippen LogP contribution >= 0.6 is 15.9 Å². The smallest absolute Gasteiger partial charge is 0.335 e. The van der Waals surface area contributed by atoms with Crippen molar-refractivity contribution in [2.75, 3.05) is 18.1 Å². The molecule has 0 fully saturated rings. The van der Waals surface area contributed by atoms with E-state index < -0.39 is 5.97 Å². The largest absolute Gasteiger partial charge is 0.478 e. The number of hydrogen-bond acceptors (Lipinski definition) is 3.